The van der Waals surface area contributed by atoms with Gasteiger partial charge in [0.05, 0.1) is 23.3 Å². The molecule has 24 heavy (non-hydrogen) atoms. The van der Waals surface area contributed by atoms with Crippen molar-refractivity contribution in [2.24, 2.45) is 5.92 Å². The van der Waals surface area contributed by atoms with Gasteiger partial charge in [0.1, 0.15) is 5.82 Å². The van der Waals surface area contributed by atoms with Gasteiger partial charge in [-0.15, -0.1) is 0 Å². The maximum atomic E-state index is 12.9. The van der Waals surface area contributed by atoms with Crippen LogP contribution in [0.25, 0.3) is 0 Å². The zero-order valence-electron chi connectivity index (χ0n) is 12.7. The lowest BCUT2D eigenvalue weighted by atomic mass is 9.93. The van der Waals surface area contributed by atoms with Crippen LogP contribution < -0.4 is 10.6 Å². The Morgan fingerprint density at radius 3 is 2.83 bits per heavy atom. The van der Waals surface area contributed by atoms with E-state index in [-0.39, 0.29) is 17.8 Å². The number of rotatable bonds is 3. The topological polar surface area (TPSA) is 46.2 Å². The van der Waals surface area contributed by atoms with Gasteiger partial charge in [-0.05, 0) is 18.6 Å². The van der Waals surface area contributed by atoms with Gasteiger partial charge in [-0.2, -0.15) is 13.2 Å². The molecular weight excluding hydrogens is 343 g/mol. The predicted octanol–water partition coefficient (Wildman–Crippen LogP) is 3.61. The number of aromatic nitrogens is 1. The number of nitrogens with zero attached hydrogens (tertiary/aromatic N) is 1. The third-order valence-corrected chi connectivity index (χ3v) is 4.30. The number of ether oxygens (including phenoxy) is 1. The monoisotopic (exact) mass is 359 g/mol. The van der Waals surface area contributed by atoms with Crippen LogP contribution in [0.5, 0.6) is 0 Å². The third-order valence-electron chi connectivity index (χ3n) is 4.00. The number of hydrogen-bond acceptors (Lipinski definition) is 4. The molecule has 0 amide bonds. The van der Waals surface area contributed by atoms with E-state index in [0.29, 0.717) is 12.3 Å². The average molecular weight is 360 g/mol. The molecule has 130 valence electrons. The second-order valence-corrected chi connectivity index (χ2v) is 6.11. The van der Waals surface area contributed by atoms with E-state index in [1.807, 2.05) is 18.2 Å². The van der Waals surface area contributed by atoms with Gasteiger partial charge in [0, 0.05) is 30.9 Å². The molecule has 0 saturated carbocycles. The molecule has 4 nitrogen and oxygen atoms in total. The summed E-state index contributed by atoms with van der Waals surface area (Å²) < 4.78 is 44.3. The van der Waals surface area contributed by atoms with Crippen molar-refractivity contribution in [2.75, 3.05) is 25.0 Å². The molecule has 1 aliphatic carbocycles. The molecule has 1 unspecified atom stereocenters. The molecule has 8 heteroatoms. The molecule has 1 saturated heterocycles. The van der Waals surface area contributed by atoms with Crippen LogP contribution in [0, 0.1) is 5.92 Å². The maximum absolute atomic E-state index is 12.9. The zero-order chi connectivity index (χ0) is 17.2. The molecule has 1 aromatic rings. The minimum atomic E-state index is -4.51. The summed E-state index contributed by atoms with van der Waals surface area (Å²) in [6, 6.07) is 0.914. The normalized spacial score (nSPS) is 24.6. The van der Waals surface area contributed by atoms with Crippen LogP contribution in [0.4, 0.5) is 19.0 Å². The second kappa shape index (κ2) is 7.13. The first-order chi connectivity index (χ1) is 11.4. The molecule has 0 radical (unpaired) electrons. The molecule has 2 N–H and O–H groups in total. The largest absolute Gasteiger partial charge is 0.418 e. The second-order valence-electron chi connectivity index (χ2n) is 5.70. The van der Waals surface area contributed by atoms with Crippen molar-refractivity contribution in [3.05, 3.63) is 46.8 Å². The summed E-state index contributed by atoms with van der Waals surface area (Å²) in [5.74, 6) is 0.365. The summed E-state index contributed by atoms with van der Waals surface area (Å²) in [5.41, 5.74) is -0.195. The highest BCUT2D eigenvalue weighted by Gasteiger charge is 2.33. The fraction of sp³-hybridized carbons (Fsp3) is 0.438. The molecule has 3 rings (SSSR count). The van der Waals surface area contributed by atoms with E-state index in [4.69, 9.17) is 16.3 Å². The van der Waals surface area contributed by atoms with E-state index in [2.05, 4.69) is 15.6 Å². The zero-order valence-corrected chi connectivity index (χ0v) is 13.5. The Balaban J connectivity index is 1.65. The van der Waals surface area contributed by atoms with E-state index in [9.17, 15) is 13.2 Å². The Bertz CT molecular complexity index is 654. The van der Waals surface area contributed by atoms with Crippen LogP contribution in [-0.2, 0) is 10.9 Å². The van der Waals surface area contributed by atoms with Crippen molar-refractivity contribution in [2.45, 2.75) is 18.7 Å². The molecule has 2 heterocycles. The van der Waals surface area contributed by atoms with Crippen molar-refractivity contribution in [3.8, 4) is 0 Å². The first-order valence-electron chi connectivity index (χ1n) is 7.64. The molecule has 2 aliphatic rings. The Hall–Kier alpha value is -1.57. The first kappa shape index (κ1) is 17.3. The van der Waals surface area contributed by atoms with E-state index in [1.54, 1.807) is 0 Å². The molecule has 0 aromatic carbocycles. The summed E-state index contributed by atoms with van der Waals surface area (Å²) in [4.78, 5) is 3.90. The highest BCUT2D eigenvalue weighted by Crippen LogP contribution is 2.35. The standard InChI is InChI=1S/C16H17ClF3N3O/c17-13-8-22-15(7-12(13)16(18,19)20)23-11-3-1-10(2-4-11)14-9-21-5-6-24-14/h1,3-4,7-8,10,14,21H,2,5-6,9H2,(H,22,23)/t10?,14-/m1/s1. The number of nitrogens with one attached hydrogen (secondary N) is 2. The Kier molecular flexibility index (Phi) is 5.12. The SMILES string of the molecule is FC(F)(F)c1cc(NC2=CCC([C@H]3CNCCO3)C=C2)ncc1Cl. The highest BCUT2D eigenvalue weighted by atomic mass is 35.5. The van der Waals surface area contributed by atoms with Gasteiger partial charge in [-0.25, -0.2) is 4.98 Å². The fourth-order valence-corrected chi connectivity index (χ4v) is 2.95. The Morgan fingerprint density at radius 1 is 1.38 bits per heavy atom. The Morgan fingerprint density at radius 2 is 2.21 bits per heavy atom. The van der Waals surface area contributed by atoms with Gasteiger partial charge < -0.3 is 15.4 Å². The predicted molar refractivity (Wildman–Crippen MR) is 85.8 cm³/mol. The van der Waals surface area contributed by atoms with Crippen LogP contribution in [0.2, 0.25) is 5.02 Å². The van der Waals surface area contributed by atoms with Crippen LogP contribution >= 0.6 is 11.6 Å². The number of pyridine rings is 1. The van der Waals surface area contributed by atoms with Crippen LogP contribution in [0.3, 0.4) is 0 Å². The summed E-state index contributed by atoms with van der Waals surface area (Å²) in [6.45, 7) is 2.36. The highest BCUT2D eigenvalue weighted by molar-refractivity contribution is 6.31. The van der Waals surface area contributed by atoms with E-state index in [0.717, 1.165) is 31.8 Å². The summed E-state index contributed by atoms with van der Waals surface area (Å²) in [5, 5.41) is 5.76. The fourth-order valence-electron chi connectivity index (χ4n) is 2.74. The number of allylic oxidation sites excluding steroid dienone is 2. The molecule has 0 bridgehead atoms. The minimum absolute atomic E-state index is 0.108. The van der Waals surface area contributed by atoms with E-state index < -0.39 is 16.8 Å². The number of morpholine rings is 1. The van der Waals surface area contributed by atoms with Gasteiger partial charge in [0.15, 0.2) is 0 Å². The summed E-state index contributed by atoms with van der Waals surface area (Å²) in [7, 11) is 0. The molecule has 1 aliphatic heterocycles. The minimum Gasteiger partial charge on any atom is -0.375 e. The molecule has 2 atom stereocenters. The number of halogens is 4. The molecule has 0 spiro atoms. The first-order valence-corrected chi connectivity index (χ1v) is 8.02. The lowest BCUT2D eigenvalue weighted by molar-refractivity contribution is -0.137. The van der Waals surface area contributed by atoms with Crippen molar-refractivity contribution in [3.63, 3.8) is 0 Å². The van der Waals surface area contributed by atoms with Crippen molar-refractivity contribution < 1.29 is 17.9 Å². The Labute approximate surface area is 142 Å². The van der Waals surface area contributed by atoms with Gasteiger partial charge >= 0.3 is 6.18 Å². The van der Waals surface area contributed by atoms with Gasteiger partial charge in [0.2, 0.25) is 0 Å². The van der Waals surface area contributed by atoms with Gasteiger partial charge in [-0.1, -0.05) is 23.8 Å². The average Bonchev–Trinajstić information content (AvgIpc) is 2.57. The third kappa shape index (κ3) is 4.09. The van der Waals surface area contributed by atoms with Crippen LogP contribution in [-0.4, -0.2) is 30.8 Å². The van der Waals surface area contributed by atoms with Crippen molar-refractivity contribution in [1.82, 2.24) is 10.3 Å². The van der Waals surface area contributed by atoms with Crippen LogP contribution in [0.15, 0.2) is 36.2 Å². The van der Waals surface area contributed by atoms with Crippen molar-refractivity contribution in [1.29, 1.82) is 0 Å². The molecular formula is C16H17ClF3N3O. The van der Waals surface area contributed by atoms with E-state index in [1.165, 1.54) is 0 Å². The smallest absolute Gasteiger partial charge is 0.375 e. The van der Waals surface area contributed by atoms with Crippen LogP contribution in [0.1, 0.15) is 12.0 Å². The van der Waals surface area contributed by atoms with Gasteiger partial charge in [0.25, 0.3) is 0 Å². The number of anilines is 1. The maximum Gasteiger partial charge on any atom is 0.418 e. The lowest BCUT2D eigenvalue weighted by Crippen LogP contribution is -2.42. The quantitative estimate of drug-likeness (QED) is 0.865. The molecule has 1 fully saturated rings. The number of hydrogen-bond donors (Lipinski definition) is 2. The lowest BCUT2D eigenvalue weighted by Gasteiger charge is -2.30. The van der Waals surface area contributed by atoms with Gasteiger partial charge in [-0.3, -0.25) is 0 Å². The van der Waals surface area contributed by atoms with E-state index >= 15 is 0 Å². The van der Waals surface area contributed by atoms with Crippen molar-refractivity contribution >= 4 is 17.4 Å². The molecule has 1 aromatic heterocycles. The summed E-state index contributed by atoms with van der Waals surface area (Å²) >= 11 is 5.57. The number of alkyl halides is 3. The summed E-state index contributed by atoms with van der Waals surface area (Å²) in [6.07, 6.45) is 3.17.